The summed E-state index contributed by atoms with van der Waals surface area (Å²) in [6.45, 7) is 1.85. The van der Waals surface area contributed by atoms with Crippen LogP contribution in [0.2, 0.25) is 0 Å². The summed E-state index contributed by atoms with van der Waals surface area (Å²) >= 11 is 0. The van der Waals surface area contributed by atoms with Gasteiger partial charge in [-0.1, -0.05) is 37.5 Å². The Balaban J connectivity index is 1.53. The maximum Gasteiger partial charge on any atom is 0.242 e. The van der Waals surface area contributed by atoms with Gasteiger partial charge in [0.05, 0.1) is 12.6 Å². The fraction of sp³-hybridized carbons (Fsp3) is 0.684. The zero-order valence-electron chi connectivity index (χ0n) is 13.7. The molecule has 0 spiro atoms. The summed E-state index contributed by atoms with van der Waals surface area (Å²) in [7, 11) is 0. The van der Waals surface area contributed by atoms with Crippen molar-refractivity contribution < 1.29 is 9.59 Å². The Morgan fingerprint density at radius 2 is 1.96 bits per heavy atom. The second kappa shape index (κ2) is 6.14. The lowest BCUT2D eigenvalue weighted by Crippen LogP contribution is -2.61. The van der Waals surface area contributed by atoms with Crippen LogP contribution in [0, 0.1) is 11.8 Å². The van der Waals surface area contributed by atoms with Gasteiger partial charge in [-0.05, 0) is 37.2 Å². The fourth-order valence-electron chi connectivity index (χ4n) is 4.80. The number of nitrogens with zero attached hydrogens (tertiary/aromatic N) is 2. The van der Waals surface area contributed by atoms with Crippen LogP contribution in [0.3, 0.4) is 0 Å². The summed E-state index contributed by atoms with van der Waals surface area (Å²) in [5.74, 6) is 1.09. The van der Waals surface area contributed by atoms with Crippen LogP contribution in [-0.2, 0) is 9.59 Å². The van der Waals surface area contributed by atoms with Gasteiger partial charge in [-0.3, -0.25) is 9.59 Å². The first-order chi connectivity index (χ1) is 11.2. The quantitative estimate of drug-likeness (QED) is 0.746. The predicted molar refractivity (Wildman–Crippen MR) is 88.6 cm³/mol. The number of rotatable bonds is 1. The molecule has 2 atom stereocenters. The van der Waals surface area contributed by atoms with Gasteiger partial charge in [0.1, 0.15) is 0 Å². The number of amides is 2. The SMILES string of the molecule is O=C(C1CCCCC1)N1CC(=O)N2CCC3CC=CC=C3C2C1. The third-order valence-electron chi connectivity index (χ3n) is 6.10. The Morgan fingerprint density at radius 3 is 2.78 bits per heavy atom. The zero-order valence-corrected chi connectivity index (χ0v) is 13.7. The first-order valence-electron chi connectivity index (χ1n) is 9.19. The fourth-order valence-corrected chi connectivity index (χ4v) is 4.80. The first kappa shape index (κ1) is 15.0. The van der Waals surface area contributed by atoms with E-state index in [2.05, 4.69) is 18.2 Å². The van der Waals surface area contributed by atoms with Gasteiger partial charge in [-0.15, -0.1) is 0 Å². The molecule has 0 bridgehead atoms. The zero-order chi connectivity index (χ0) is 15.8. The normalized spacial score (nSPS) is 31.5. The second-order valence-corrected chi connectivity index (χ2v) is 7.47. The van der Waals surface area contributed by atoms with Gasteiger partial charge >= 0.3 is 0 Å². The van der Waals surface area contributed by atoms with Gasteiger partial charge in [-0.2, -0.15) is 0 Å². The van der Waals surface area contributed by atoms with Crippen molar-refractivity contribution in [3.63, 3.8) is 0 Å². The molecule has 0 aromatic carbocycles. The molecule has 2 aliphatic heterocycles. The molecular weight excluding hydrogens is 288 g/mol. The van der Waals surface area contributed by atoms with Gasteiger partial charge in [0.15, 0.2) is 0 Å². The van der Waals surface area contributed by atoms with Crippen LogP contribution in [0.5, 0.6) is 0 Å². The van der Waals surface area contributed by atoms with Gasteiger partial charge in [0.25, 0.3) is 0 Å². The molecule has 0 N–H and O–H groups in total. The van der Waals surface area contributed by atoms with E-state index in [0.29, 0.717) is 19.0 Å². The Bertz CT molecular complexity index is 560. The average molecular weight is 314 g/mol. The molecule has 2 amide bonds. The van der Waals surface area contributed by atoms with Crippen molar-refractivity contribution in [2.75, 3.05) is 19.6 Å². The molecule has 3 fully saturated rings. The molecule has 23 heavy (non-hydrogen) atoms. The number of carbonyl (C=O) groups excluding carboxylic acids is 2. The van der Waals surface area contributed by atoms with Gasteiger partial charge < -0.3 is 9.80 Å². The van der Waals surface area contributed by atoms with Crippen LogP contribution in [0.25, 0.3) is 0 Å². The Kier molecular flexibility index (Phi) is 4.00. The molecule has 0 radical (unpaired) electrons. The Morgan fingerprint density at radius 1 is 1.13 bits per heavy atom. The highest BCUT2D eigenvalue weighted by Crippen LogP contribution is 2.36. The van der Waals surface area contributed by atoms with E-state index >= 15 is 0 Å². The molecule has 4 aliphatic rings. The number of hydrogen-bond acceptors (Lipinski definition) is 2. The third kappa shape index (κ3) is 2.73. The second-order valence-electron chi connectivity index (χ2n) is 7.47. The first-order valence-corrected chi connectivity index (χ1v) is 9.19. The Hall–Kier alpha value is -1.58. The number of fused-ring (bicyclic) bond motifs is 3. The summed E-state index contributed by atoms with van der Waals surface area (Å²) in [4.78, 5) is 29.3. The van der Waals surface area contributed by atoms with Crippen LogP contribution in [-0.4, -0.2) is 47.3 Å². The molecule has 1 saturated carbocycles. The highest BCUT2D eigenvalue weighted by molar-refractivity contribution is 5.88. The van der Waals surface area contributed by atoms with Crippen LogP contribution in [0.1, 0.15) is 44.9 Å². The molecule has 2 unspecified atom stereocenters. The third-order valence-corrected chi connectivity index (χ3v) is 6.10. The number of piperidine rings is 1. The van der Waals surface area contributed by atoms with Crippen LogP contribution >= 0.6 is 0 Å². The van der Waals surface area contributed by atoms with Crippen molar-refractivity contribution in [1.82, 2.24) is 9.80 Å². The summed E-state index contributed by atoms with van der Waals surface area (Å²) in [5.41, 5.74) is 1.37. The van der Waals surface area contributed by atoms with Crippen LogP contribution in [0.4, 0.5) is 0 Å². The van der Waals surface area contributed by atoms with E-state index in [4.69, 9.17) is 0 Å². The molecular formula is C19H26N2O2. The Labute approximate surface area is 138 Å². The topological polar surface area (TPSA) is 40.6 Å². The molecule has 2 aliphatic carbocycles. The van der Waals surface area contributed by atoms with Crippen molar-refractivity contribution >= 4 is 11.8 Å². The maximum atomic E-state index is 12.9. The van der Waals surface area contributed by atoms with E-state index in [1.165, 1.54) is 12.0 Å². The van der Waals surface area contributed by atoms with E-state index in [-0.39, 0.29) is 23.8 Å². The summed E-state index contributed by atoms with van der Waals surface area (Å²) in [6, 6.07) is 0.118. The average Bonchev–Trinajstić information content (AvgIpc) is 2.61. The summed E-state index contributed by atoms with van der Waals surface area (Å²) < 4.78 is 0. The minimum atomic E-state index is 0.118. The molecule has 4 heteroatoms. The van der Waals surface area contributed by atoms with Crippen molar-refractivity contribution in [3.8, 4) is 0 Å². The number of piperazine rings is 1. The van der Waals surface area contributed by atoms with Crippen LogP contribution in [0.15, 0.2) is 23.8 Å². The van der Waals surface area contributed by atoms with E-state index in [9.17, 15) is 9.59 Å². The standard InChI is InChI=1S/C19H26N2O2/c22-18-13-20(19(23)15-7-2-1-3-8-15)12-17-16-9-5-4-6-14(16)10-11-21(17)18/h4-5,9,14-15,17H,1-3,6-8,10-13H2. The number of carbonyl (C=O) groups is 2. The largest absolute Gasteiger partial charge is 0.333 e. The van der Waals surface area contributed by atoms with E-state index in [1.54, 1.807) is 0 Å². The molecule has 4 nitrogen and oxygen atoms in total. The molecule has 0 aromatic heterocycles. The predicted octanol–water partition coefficient (Wildman–Crippen LogP) is 2.51. The van der Waals surface area contributed by atoms with Crippen molar-refractivity contribution in [2.45, 2.75) is 51.0 Å². The van der Waals surface area contributed by atoms with E-state index in [1.807, 2.05) is 9.80 Å². The highest BCUT2D eigenvalue weighted by Gasteiger charge is 2.42. The molecule has 2 saturated heterocycles. The number of allylic oxidation sites excluding steroid dienone is 3. The lowest BCUT2D eigenvalue weighted by molar-refractivity contribution is -0.151. The lowest BCUT2D eigenvalue weighted by Gasteiger charge is -2.48. The maximum absolute atomic E-state index is 12.9. The van der Waals surface area contributed by atoms with E-state index < -0.39 is 0 Å². The monoisotopic (exact) mass is 314 g/mol. The molecule has 0 aromatic rings. The van der Waals surface area contributed by atoms with Crippen molar-refractivity contribution in [3.05, 3.63) is 23.8 Å². The molecule has 4 rings (SSSR count). The van der Waals surface area contributed by atoms with Gasteiger partial charge in [-0.25, -0.2) is 0 Å². The lowest BCUT2D eigenvalue weighted by atomic mass is 9.79. The minimum Gasteiger partial charge on any atom is -0.333 e. The van der Waals surface area contributed by atoms with Gasteiger partial charge in [0.2, 0.25) is 11.8 Å². The molecule has 124 valence electrons. The smallest absolute Gasteiger partial charge is 0.242 e. The number of hydrogen-bond donors (Lipinski definition) is 0. The molecule has 2 heterocycles. The summed E-state index contributed by atoms with van der Waals surface area (Å²) in [5, 5.41) is 0. The van der Waals surface area contributed by atoms with Crippen molar-refractivity contribution in [2.24, 2.45) is 11.8 Å². The minimum absolute atomic E-state index is 0.118. The van der Waals surface area contributed by atoms with Crippen LogP contribution < -0.4 is 0 Å². The highest BCUT2D eigenvalue weighted by atomic mass is 16.2. The van der Waals surface area contributed by atoms with Crippen molar-refractivity contribution in [1.29, 1.82) is 0 Å². The van der Waals surface area contributed by atoms with E-state index in [0.717, 1.165) is 45.1 Å². The summed E-state index contributed by atoms with van der Waals surface area (Å²) in [6.07, 6.45) is 14.2. The van der Waals surface area contributed by atoms with Gasteiger partial charge in [0, 0.05) is 19.0 Å².